The molecule has 5 nitrogen and oxygen atoms in total. The molecule has 0 aromatic carbocycles. The third-order valence-electron chi connectivity index (χ3n) is 3.35. The molecular weight excluding hydrogens is 266 g/mol. The smallest absolute Gasteiger partial charge is 0.326 e. The van der Waals surface area contributed by atoms with Gasteiger partial charge in [0.2, 0.25) is 0 Å². The maximum atomic E-state index is 12.0. The van der Waals surface area contributed by atoms with E-state index in [9.17, 15) is 9.90 Å². The molecule has 0 amide bonds. The summed E-state index contributed by atoms with van der Waals surface area (Å²) < 4.78 is 4.93. The monoisotopic (exact) mass is 291 g/mol. The fourth-order valence-electron chi connectivity index (χ4n) is 2.57. The van der Waals surface area contributed by atoms with E-state index in [1.165, 1.54) is 7.11 Å². The summed E-state index contributed by atoms with van der Waals surface area (Å²) in [5, 5.41) is 21.8. The van der Waals surface area contributed by atoms with E-state index in [-0.39, 0.29) is 18.6 Å². The van der Waals surface area contributed by atoms with Crippen molar-refractivity contribution in [3.8, 4) is 0 Å². The van der Waals surface area contributed by atoms with Crippen LogP contribution in [0.5, 0.6) is 0 Å². The van der Waals surface area contributed by atoms with E-state index in [4.69, 9.17) is 9.84 Å². The number of rotatable bonds is 7. The zero-order valence-electron chi connectivity index (χ0n) is 11.9. The second-order valence-electron chi connectivity index (χ2n) is 5.41. The molecule has 0 bridgehead atoms. The van der Waals surface area contributed by atoms with Crippen molar-refractivity contribution in [2.24, 2.45) is 0 Å². The molecule has 1 saturated carbocycles. The molecule has 1 rings (SSSR count). The molecule has 3 unspecified atom stereocenters. The van der Waals surface area contributed by atoms with Crippen molar-refractivity contribution in [2.45, 2.75) is 56.0 Å². The number of thioether (sulfide) groups is 1. The normalized spacial score (nSPS) is 28.6. The molecule has 0 aliphatic heterocycles. The summed E-state index contributed by atoms with van der Waals surface area (Å²) in [7, 11) is 1.42. The van der Waals surface area contributed by atoms with E-state index in [2.05, 4.69) is 5.32 Å². The lowest BCUT2D eigenvalue weighted by Crippen LogP contribution is -2.53. The second-order valence-corrected chi connectivity index (χ2v) is 6.74. The van der Waals surface area contributed by atoms with E-state index < -0.39 is 11.6 Å². The number of aliphatic hydroxyl groups is 2. The third kappa shape index (κ3) is 4.63. The minimum absolute atomic E-state index is 0.202. The van der Waals surface area contributed by atoms with Gasteiger partial charge in [0.15, 0.2) is 0 Å². The molecule has 0 aromatic rings. The Labute approximate surface area is 119 Å². The van der Waals surface area contributed by atoms with Gasteiger partial charge in [0.05, 0.1) is 19.8 Å². The predicted molar refractivity (Wildman–Crippen MR) is 76.2 cm³/mol. The zero-order valence-corrected chi connectivity index (χ0v) is 12.7. The number of carbonyl (C=O) groups excluding carboxylic acids is 1. The molecule has 1 fully saturated rings. The van der Waals surface area contributed by atoms with Crippen molar-refractivity contribution in [1.82, 2.24) is 5.32 Å². The van der Waals surface area contributed by atoms with Gasteiger partial charge in [-0.1, -0.05) is 0 Å². The first kappa shape index (κ1) is 16.8. The second kappa shape index (κ2) is 7.47. The molecule has 112 valence electrons. The quantitative estimate of drug-likeness (QED) is 0.594. The van der Waals surface area contributed by atoms with Crippen LogP contribution in [0, 0.1) is 0 Å². The molecule has 0 spiro atoms. The first-order valence-corrected chi connectivity index (χ1v) is 7.75. The van der Waals surface area contributed by atoms with Crippen LogP contribution in [0.4, 0.5) is 0 Å². The summed E-state index contributed by atoms with van der Waals surface area (Å²) in [4.78, 5) is 12.0. The minimum Gasteiger partial charge on any atom is -0.468 e. The number of hydrogen-bond donors (Lipinski definition) is 3. The summed E-state index contributed by atoms with van der Waals surface area (Å²) in [6.45, 7) is 3.81. The Balaban J connectivity index is 2.59. The number of esters is 1. The van der Waals surface area contributed by atoms with Gasteiger partial charge in [-0.15, -0.1) is 0 Å². The van der Waals surface area contributed by atoms with Gasteiger partial charge in [0, 0.05) is 17.0 Å². The molecule has 3 N–H and O–H groups in total. The summed E-state index contributed by atoms with van der Waals surface area (Å²) in [5.74, 6) is 0.298. The molecular formula is C13H25NO4S. The van der Waals surface area contributed by atoms with E-state index in [0.29, 0.717) is 17.4 Å². The molecule has 19 heavy (non-hydrogen) atoms. The lowest BCUT2D eigenvalue weighted by Gasteiger charge is -2.30. The van der Waals surface area contributed by atoms with Gasteiger partial charge in [-0.3, -0.25) is 10.1 Å². The van der Waals surface area contributed by atoms with Gasteiger partial charge < -0.3 is 14.9 Å². The zero-order chi connectivity index (χ0) is 14.5. The van der Waals surface area contributed by atoms with Crippen LogP contribution in [-0.2, 0) is 9.53 Å². The highest BCUT2D eigenvalue weighted by Gasteiger charge is 2.46. The highest BCUT2D eigenvalue weighted by molar-refractivity contribution is 7.99. The average Bonchev–Trinajstić information content (AvgIpc) is 2.78. The summed E-state index contributed by atoms with van der Waals surface area (Å²) in [5.41, 5.74) is -0.593. The van der Waals surface area contributed by atoms with Gasteiger partial charge in [0.1, 0.15) is 5.54 Å². The van der Waals surface area contributed by atoms with Gasteiger partial charge >= 0.3 is 5.97 Å². The molecule has 3 atom stereocenters. The van der Waals surface area contributed by atoms with Gasteiger partial charge in [0.25, 0.3) is 0 Å². The molecule has 0 radical (unpaired) electrons. The Morgan fingerprint density at radius 2 is 2.26 bits per heavy atom. The van der Waals surface area contributed by atoms with Crippen LogP contribution < -0.4 is 5.32 Å². The lowest BCUT2D eigenvalue weighted by molar-refractivity contribution is -0.148. The number of methoxy groups -OCH3 is 1. The lowest BCUT2D eigenvalue weighted by atomic mass is 9.96. The Morgan fingerprint density at radius 1 is 1.58 bits per heavy atom. The van der Waals surface area contributed by atoms with Gasteiger partial charge in [-0.05, 0) is 33.1 Å². The molecule has 0 saturated heterocycles. The standard InChI is InChI=1S/C13H25NO4S/c1-9(2)14-13(12(17)18-3)5-4-11(6-13)19-8-10(16)7-15/h9-11,14-16H,4-8H2,1-3H3. The van der Waals surface area contributed by atoms with Crippen molar-refractivity contribution < 1.29 is 19.7 Å². The largest absolute Gasteiger partial charge is 0.468 e. The number of aliphatic hydroxyl groups excluding tert-OH is 2. The molecule has 1 aliphatic carbocycles. The van der Waals surface area contributed by atoms with Crippen LogP contribution in [0.2, 0.25) is 0 Å². The van der Waals surface area contributed by atoms with E-state index in [1.54, 1.807) is 11.8 Å². The van der Waals surface area contributed by atoms with E-state index in [0.717, 1.165) is 12.8 Å². The van der Waals surface area contributed by atoms with Crippen LogP contribution in [0.1, 0.15) is 33.1 Å². The van der Waals surface area contributed by atoms with Gasteiger partial charge in [-0.2, -0.15) is 11.8 Å². The van der Waals surface area contributed by atoms with E-state index >= 15 is 0 Å². The Morgan fingerprint density at radius 3 is 2.79 bits per heavy atom. The van der Waals surface area contributed by atoms with Crippen molar-refractivity contribution in [1.29, 1.82) is 0 Å². The maximum Gasteiger partial charge on any atom is 0.326 e. The Hall–Kier alpha value is -0.300. The highest BCUT2D eigenvalue weighted by atomic mass is 32.2. The molecule has 0 heterocycles. The number of nitrogens with one attached hydrogen (secondary N) is 1. The fourth-order valence-corrected chi connectivity index (χ4v) is 3.85. The summed E-state index contributed by atoms with van der Waals surface area (Å²) in [6, 6.07) is 0.214. The van der Waals surface area contributed by atoms with Crippen LogP contribution in [0.3, 0.4) is 0 Å². The molecule has 1 aliphatic rings. The highest BCUT2D eigenvalue weighted by Crippen LogP contribution is 2.38. The van der Waals surface area contributed by atoms with E-state index in [1.807, 2.05) is 13.8 Å². The van der Waals surface area contributed by atoms with Crippen LogP contribution in [-0.4, -0.2) is 58.6 Å². The van der Waals surface area contributed by atoms with Crippen molar-refractivity contribution in [2.75, 3.05) is 19.5 Å². The van der Waals surface area contributed by atoms with Crippen LogP contribution in [0.25, 0.3) is 0 Å². The maximum absolute atomic E-state index is 12.0. The molecule has 6 heteroatoms. The first-order valence-electron chi connectivity index (χ1n) is 6.70. The minimum atomic E-state index is -0.684. The Kier molecular flexibility index (Phi) is 6.59. The predicted octanol–water partition coefficient (Wildman–Crippen LogP) is 0.535. The number of ether oxygens (including phenoxy) is 1. The van der Waals surface area contributed by atoms with Gasteiger partial charge in [-0.25, -0.2) is 0 Å². The Bertz CT molecular complexity index is 300. The van der Waals surface area contributed by atoms with Crippen molar-refractivity contribution >= 4 is 17.7 Å². The number of hydrogen-bond acceptors (Lipinski definition) is 6. The molecule has 0 aromatic heterocycles. The van der Waals surface area contributed by atoms with Crippen LogP contribution >= 0.6 is 11.8 Å². The van der Waals surface area contributed by atoms with Crippen molar-refractivity contribution in [3.63, 3.8) is 0 Å². The summed E-state index contributed by atoms with van der Waals surface area (Å²) in [6.07, 6.45) is 1.69. The first-order chi connectivity index (χ1) is 8.93. The third-order valence-corrected chi connectivity index (χ3v) is 4.80. The fraction of sp³-hybridized carbons (Fsp3) is 0.923. The topological polar surface area (TPSA) is 78.8 Å². The number of carbonyl (C=O) groups is 1. The SMILES string of the molecule is COC(=O)C1(NC(C)C)CCC(SCC(O)CO)C1. The summed E-state index contributed by atoms with van der Waals surface area (Å²) >= 11 is 1.62. The van der Waals surface area contributed by atoms with Crippen LogP contribution in [0.15, 0.2) is 0 Å². The van der Waals surface area contributed by atoms with Crippen molar-refractivity contribution in [3.05, 3.63) is 0 Å². The average molecular weight is 291 g/mol.